The summed E-state index contributed by atoms with van der Waals surface area (Å²) in [7, 11) is 0. The monoisotopic (exact) mass is 336 g/mol. The molecule has 0 aromatic heterocycles. The lowest BCUT2D eigenvalue weighted by molar-refractivity contribution is 0.301. The largest absolute Gasteiger partial charge is 0.488 e. The number of benzene rings is 2. The lowest BCUT2D eigenvalue weighted by Crippen LogP contribution is -2.13. The minimum absolute atomic E-state index is 0.0551. The minimum atomic E-state index is 0.0551. The molecule has 2 aromatic rings. The Kier molecular flexibility index (Phi) is 5.77. The first-order valence-electron chi connectivity index (χ1n) is 7.40. The van der Waals surface area contributed by atoms with Crippen LogP contribution in [-0.2, 0) is 23.8 Å². The van der Waals surface area contributed by atoms with Crippen LogP contribution in [-0.4, -0.2) is 0 Å². The van der Waals surface area contributed by atoms with Gasteiger partial charge in [0.25, 0.3) is 0 Å². The second-order valence-corrected chi connectivity index (χ2v) is 6.95. The van der Waals surface area contributed by atoms with E-state index in [4.69, 9.17) is 27.9 Å². The van der Waals surface area contributed by atoms with Crippen LogP contribution < -0.4 is 4.74 Å². The molecule has 118 valence electrons. The smallest absolute Gasteiger partial charge is 0.128 e. The zero-order valence-electron chi connectivity index (χ0n) is 13.3. The van der Waals surface area contributed by atoms with Gasteiger partial charge in [-0.3, -0.25) is 0 Å². The molecule has 0 heterocycles. The molecule has 2 rings (SSSR count). The molecule has 0 saturated heterocycles. The molecule has 0 fully saturated rings. The molecule has 0 aliphatic carbocycles. The van der Waals surface area contributed by atoms with Gasteiger partial charge in [-0.1, -0.05) is 63.2 Å². The number of alkyl halides is 2. The Bertz CT molecular complexity index is 590. The van der Waals surface area contributed by atoms with Crippen LogP contribution in [0.2, 0.25) is 0 Å². The van der Waals surface area contributed by atoms with Gasteiger partial charge in [-0.15, -0.1) is 23.2 Å². The van der Waals surface area contributed by atoms with Crippen molar-refractivity contribution < 1.29 is 4.74 Å². The molecular weight excluding hydrogens is 315 g/mol. The number of hydrogen-bond donors (Lipinski definition) is 0. The van der Waals surface area contributed by atoms with Gasteiger partial charge in [0, 0.05) is 11.1 Å². The number of halogens is 2. The summed E-state index contributed by atoms with van der Waals surface area (Å²) in [6.07, 6.45) is 0. The van der Waals surface area contributed by atoms with E-state index >= 15 is 0 Å². The Balaban J connectivity index is 2.33. The summed E-state index contributed by atoms with van der Waals surface area (Å²) < 4.78 is 6.03. The van der Waals surface area contributed by atoms with Gasteiger partial charge in [-0.25, -0.2) is 0 Å². The predicted octanol–water partition coefficient (Wildman–Crippen LogP) is 6.04. The summed E-state index contributed by atoms with van der Waals surface area (Å²) in [5.41, 5.74) is 4.41. The van der Waals surface area contributed by atoms with Crippen molar-refractivity contribution in [2.24, 2.45) is 0 Å². The average molecular weight is 337 g/mol. The fourth-order valence-electron chi connectivity index (χ4n) is 2.30. The molecule has 2 aromatic carbocycles. The van der Waals surface area contributed by atoms with Crippen molar-refractivity contribution in [2.75, 3.05) is 0 Å². The molecule has 0 amide bonds. The molecule has 0 bridgehead atoms. The van der Waals surface area contributed by atoms with Crippen molar-refractivity contribution in [1.82, 2.24) is 0 Å². The standard InChI is InChI=1S/C19H22Cl2O/c1-19(2,3)17-9-15(11-20)18(16(10-17)12-21)22-13-14-7-5-4-6-8-14/h4-10H,11-13H2,1-3H3. The van der Waals surface area contributed by atoms with Crippen molar-refractivity contribution >= 4 is 23.2 Å². The Labute approximate surface area is 143 Å². The van der Waals surface area contributed by atoms with Crippen molar-refractivity contribution in [1.29, 1.82) is 0 Å². The summed E-state index contributed by atoms with van der Waals surface area (Å²) >= 11 is 12.3. The highest BCUT2D eigenvalue weighted by Gasteiger charge is 2.19. The zero-order valence-corrected chi connectivity index (χ0v) is 14.8. The molecular formula is C19H22Cl2O. The number of hydrogen-bond acceptors (Lipinski definition) is 1. The SMILES string of the molecule is CC(C)(C)c1cc(CCl)c(OCc2ccccc2)c(CCl)c1. The van der Waals surface area contributed by atoms with Crippen LogP contribution in [0.5, 0.6) is 5.75 Å². The van der Waals surface area contributed by atoms with Gasteiger partial charge < -0.3 is 4.74 Å². The van der Waals surface area contributed by atoms with Gasteiger partial charge in [0.05, 0.1) is 11.8 Å². The maximum absolute atomic E-state index is 6.14. The maximum Gasteiger partial charge on any atom is 0.128 e. The van der Waals surface area contributed by atoms with Gasteiger partial charge in [-0.05, 0) is 16.5 Å². The highest BCUT2D eigenvalue weighted by atomic mass is 35.5. The highest BCUT2D eigenvalue weighted by molar-refractivity contribution is 6.18. The molecule has 0 atom stereocenters. The fraction of sp³-hybridized carbons (Fsp3) is 0.368. The van der Waals surface area contributed by atoms with Crippen LogP contribution >= 0.6 is 23.2 Å². The van der Waals surface area contributed by atoms with Crippen LogP contribution in [0, 0.1) is 0 Å². The number of ether oxygens (including phenoxy) is 1. The fourth-order valence-corrected chi connectivity index (χ4v) is 2.70. The average Bonchev–Trinajstić information content (AvgIpc) is 2.52. The first-order chi connectivity index (χ1) is 10.5. The van der Waals surface area contributed by atoms with E-state index in [2.05, 4.69) is 32.9 Å². The third-order valence-electron chi connectivity index (χ3n) is 3.62. The van der Waals surface area contributed by atoms with E-state index in [-0.39, 0.29) is 5.41 Å². The molecule has 1 nitrogen and oxygen atoms in total. The Morgan fingerprint density at radius 2 is 1.45 bits per heavy atom. The summed E-state index contributed by atoms with van der Waals surface area (Å²) in [6, 6.07) is 14.4. The van der Waals surface area contributed by atoms with Crippen LogP contribution in [0.4, 0.5) is 0 Å². The van der Waals surface area contributed by atoms with E-state index < -0.39 is 0 Å². The van der Waals surface area contributed by atoms with Gasteiger partial charge in [-0.2, -0.15) is 0 Å². The molecule has 22 heavy (non-hydrogen) atoms. The van der Waals surface area contributed by atoms with Crippen molar-refractivity contribution in [3.63, 3.8) is 0 Å². The van der Waals surface area contributed by atoms with Gasteiger partial charge >= 0.3 is 0 Å². The van der Waals surface area contributed by atoms with E-state index in [1.165, 1.54) is 5.56 Å². The molecule has 0 unspecified atom stereocenters. The van der Waals surface area contributed by atoms with Crippen molar-refractivity contribution in [2.45, 2.75) is 44.6 Å². The van der Waals surface area contributed by atoms with Crippen LogP contribution in [0.1, 0.15) is 43.0 Å². The number of rotatable bonds is 5. The molecule has 0 aliphatic rings. The first kappa shape index (κ1) is 17.2. The van der Waals surface area contributed by atoms with Crippen molar-refractivity contribution in [3.05, 3.63) is 64.7 Å². The van der Waals surface area contributed by atoms with Crippen molar-refractivity contribution in [3.8, 4) is 5.75 Å². The van der Waals surface area contributed by atoms with Crippen LogP contribution in [0.15, 0.2) is 42.5 Å². The highest BCUT2D eigenvalue weighted by Crippen LogP contribution is 2.34. The quantitative estimate of drug-likeness (QED) is 0.604. The van der Waals surface area contributed by atoms with E-state index in [9.17, 15) is 0 Å². The van der Waals surface area contributed by atoms with Gasteiger partial charge in [0.2, 0.25) is 0 Å². The Hall–Kier alpha value is -1.18. The summed E-state index contributed by atoms with van der Waals surface area (Å²) in [6.45, 7) is 7.07. The van der Waals surface area contributed by atoms with Crippen LogP contribution in [0.3, 0.4) is 0 Å². The van der Waals surface area contributed by atoms with Crippen LogP contribution in [0.25, 0.3) is 0 Å². The molecule has 3 heteroatoms. The lowest BCUT2D eigenvalue weighted by atomic mass is 9.85. The molecule has 0 radical (unpaired) electrons. The predicted molar refractivity (Wildman–Crippen MR) is 95.0 cm³/mol. The van der Waals surface area contributed by atoms with E-state index in [0.29, 0.717) is 18.4 Å². The third-order valence-corrected chi connectivity index (χ3v) is 4.20. The molecule has 0 N–H and O–H groups in total. The zero-order chi connectivity index (χ0) is 16.2. The Morgan fingerprint density at radius 3 is 1.91 bits per heavy atom. The normalized spacial score (nSPS) is 11.5. The van der Waals surface area contributed by atoms with Gasteiger partial charge in [0.15, 0.2) is 0 Å². The second kappa shape index (κ2) is 7.39. The Morgan fingerprint density at radius 1 is 0.909 bits per heavy atom. The first-order valence-corrected chi connectivity index (χ1v) is 8.47. The van der Waals surface area contributed by atoms with E-state index in [0.717, 1.165) is 22.4 Å². The lowest BCUT2D eigenvalue weighted by Gasteiger charge is -2.23. The van der Waals surface area contributed by atoms with E-state index in [1.807, 2.05) is 30.3 Å². The second-order valence-electron chi connectivity index (χ2n) is 6.42. The van der Waals surface area contributed by atoms with Gasteiger partial charge in [0.1, 0.15) is 12.4 Å². The molecule has 0 saturated carbocycles. The summed E-state index contributed by atoms with van der Waals surface area (Å²) in [4.78, 5) is 0. The topological polar surface area (TPSA) is 9.23 Å². The maximum atomic E-state index is 6.14. The molecule has 0 spiro atoms. The van der Waals surface area contributed by atoms with E-state index in [1.54, 1.807) is 0 Å². The molecule has 0 aliphatic heterocycles. The summed E-state index contributed by atoms with van der Waals surface area (Å²) in [5.74, 6) is 1.65. The summed E-state index contributed by atoms with van der Waals surface area (Å²) in [5, 5.41) is 0. The third kappa shape index (κ3) is 4.18. The minimum Gasteiger partial charge on any atom is -0.488 e.